The molecule has 2 aliphatic carbocycles. The third-order valence-corrected chi connectivity index (χ3v) is 6.26. The fourth-order valence-electron chi connectivity index (χ4n) is 4.65. The molecule has 4 nitrogen and oxygen atoms in total. The summed E-state index contributed by atoms with van der Waals surface area (Å²) in [6.45, 7) is 2.26. The second kappa shape index (κ2) is 7.67. The van der Waals surface area contributed by atoms with Crippen LogP contribution in [-0.4, -0.2) is 24.9 Å². The molecule has 1 aromatic rings. The van der Waals surface area contributed by atoms with E-state index in [1.807, 2.05) is 12.2 Å². The van der Waals surface area contributed by atoms with Gasteiger partial charge in [-0.1, -0.05) is 19.0 Å². The first-order valence-electron chi connectivity index (χ1n) is 9.55. The minimum absolute atomic E-state index is 0.0360. The van der Waals surface area contributed by atoms with Crippen LogP contribution in [0.15, 0.2) is 23.4 Å². The fourth-order valence-corrected chi connectivity index (χ4v) is 4.65. The molecular formula is C20H21F7N2O2. The van der Waals surface area contributed by atoms with Crippen LogP contribution in [0.1, 0.15) is 44.2 Å². The molecule has 0 aromatic heterocycles. The summed E-state index contributed by atoms with van der Waals surface area (Å²) in [4.78, 5) is 17.1. The van der Waals surface area contributed by atoms with Crippen LogP contribution in [-0.2, 0) is 22.0 Å². The van der Waals surface area contributed by atoms with E-state index in [9.17, 15) is 35.5 Å². The van der Waals surface area contributed by atoms with Crippen molar-refractivity contribution in [3.63, 3.8) is 0 Å². The maximum absolute atomic E-state index is 13.7. The Morgan fingerprint density at radius 2 is 1.71 bits per heavy atom. The van der Waals surface area contributed by atoms with E-state index in [0.717, 1.165) is 19.3 Å². The predicted molar refractivity (Wildman–Crippen MR) is 98.0 cm³/mol. The van der Waals surface area contributed by atoms with E-state index in [0.29, 0.717) is 17.8 Å². The van der Waals surface area contributed by atoms with Gasteiger partial charge in [-0.05, 0) is 43.4 Å². The molecule has 1 aromatic carbocycles. The second-order valence-electron chi connectivity index (χ2n) is 8.61. The quantitative estimate of drug-likeness (QED) is 0.450. The van der Waals surface area contributed by atoms with Gasteiger partial charge in [0.2, 0.25) is 0 Å². The Labute approximate surface area is 173 Å². The van der Waals surface area contributed by atoms with Crippen molar-refractivity contribution in [3.05, 3.63) is 29.3 Å². The summed E-state index contributed by atoms with van der Waals surface area (Å²) >= 11 is 0. The molecule has 1 N–H and O–H groups in total. The third kappa shape index (κ3) is 4.50. The van der Waals surface area contributed by atoms with Crippen molar-refractivity contribution in [3.8, 4) is 0 Å². The number of rotatable bonds is 5. The van der Waals surface area contributed by atoms with Crippen molar-refractivity contribution in [2.45, 2.75) is 45.5 Å². The standard InChI is InChI=1S/C20H21F7N2O2/c1-17-4-3-11(8-17)18(2,10-21)16(17)29-31-9-15(30)28-14-6-12(19(22,23)24)5-13(7-14)20(25,26)27/h5-7,11H,3-4,8-10H2,1-2H3,(H,28,30)/b29-16+/t11-,17+,18?/m0/s1. The molecule has 0 saturated heterocycles. The van der Waals surface area contributed by atoms with Gasteiger partial charge in [-0.15, -0.1) is 0 Å². The number of carbonyl (C=O) groups is 1. The predicted octanol–water partition coefficient (Wildman–Crippen LogP) is 5.83. The number of amides is 1. The minimum atomic E-state index is -5.03. The number of oxime groups is 1. The highest BCUT2D eigenvalue weighted by Gasteiger charge is 2.60. The van der Waals surface area contributed by atoms with Crippen molar-refractivity contribution in [1.82, 2.24) is 0 Å². The van der Waals surface area contributed by atoms with E-state index in [1.54, 1.807) is 6.92 Å². The molecule has 2 aliphatic rings. The van der Waals surface area contributed by atoms with Gasteiger partial charge in [-0.2, -0.15) is 26.3 Å². The number of carbonyl (C=O) groups excluding carboxylic acids is 1. The topological polar surface area (TPSA) is 50.7 Å². The second-order valence-corrected chi connectivity index (χ2v) is 8.61. The van der Waals surface area contributed by atoms with Crippen LogP contribution in [0.2, 0.25) is 0 Å². The van der Waals surface area contributed by atoms with E-state index in [-0.39, 0.29) is 17.4 Å². The molecule has 1 amide bonds. The lowest BCUT2D eigenvalue weighted by Gasteiger charge is -2.35. The van der Waals surface area contributed by atoms with E-state index < -0.39 is 53.8 Å². The van der Waals surface area contributed by atoms with Gasteiger partial charge in [0.05, 0.1) is 16.8 Å². The zero-order valence-electron chi connectivity index (χ0n) is 16.8. The lowest BCUT2D eigenvalue weighted by atomic mass is 9.70. The molecule has 31 heavy (non-hydrogen) atoms. The van der Waals surface area contributed by atoms with E-state index >= 15 is 0 Å². The summed E-state index contributed by atoms with van der Waals surface area (Å²) in [5.74, 6) is -0.892. The first kappa shape index (κ1) is 23.3. The highest BCUT2D eigenvalue weighted by molar-refractivity contribution is 5.98. The summed E-state index contributed by atoms with van der Waals surface area (Å²) in [7, 11) is 0. The molecule has 3 atom stereocenters. The Kier molecular flexibility index (Phi) is 5.77. The van der Waals surface area contributed by atoms with Crippen LogP contribution in [0, 0.1) is 16.7 Å². The van der Waals surface area contributed by atoms with Gasteiger partial charge in [0.1, 0.15) is 6.67 Å². The van der Waals surface area contributed by atoms with Crippen molar-refractivity contribution in [2.24, 2.45) is 21.9 Å². The number of anilines is 1. The number of hydrogen-bond donors (Lipinski definition) is 1. The van der Waals surface area contributed by atoms with Gasteiger partial charge in [0.25, 0.3) is 5.91 Å². The van der Waals surface area contributed by atoms with Gasteiger partial charge in [-0.3, -0.25) is 9.18 Å². The van der Waals surface area contributed by atoms with Crippen molar-refractivity contribution < 1.29 is 40.4 Å². The molecule has 2 bridgehead atoms. The zero-order valence-corrected chi connectivity index (χ0v) is 16.8. The summed E-state index contributed by atoms with van der Waals surface area (Å²) < 4.78 is 91.2. The van der Waals surface area contributed by atoms with Gasteiger partial charge < -0.3 is 10.2 Å². The third-order valence-electron chi connectivity index (χ3n) is 6.26. The number of benzene rings is 1. The zero-order chi connectivity index (χ0) is 23.2. The normalized spacial score (nSPS) is 29.5. The number of nitrogens with zero attached hydrogens (tertiary/aromatic N) is 1. The van der Waals surface area contributed by atoms with Crippen LogP contribution in [0.3, 0.4) is 0 Å². The van der Waals surface area contributed by atoms with Gasteiger partial charge >= 0.3 is 12.4 Å². The molecule has 0 aliphatic heterocycles. The van der Waals surface area contributed by atoms with Gasteiger partial charge in [0.15, 0.2) is 6.61 Å². The van der Waals surface area contributed by atoms with Crippen LogP contribution < -0.4 is 5.32 Å². The van der Waals surface area contributed by atoms with E-state index in [4.69, 9.17) is 4.84 Å². The monoisotopic (exact) mass is 454 g/mol. The van der Waals surface area contributed by atoms with Crippen LogP contribution >= 0.6 is 0 Å². The first-order valence-corrected chi connectivity index (χ1v) is 9.55. The molecule has 0 spiro atoms. The number of nitrogens with one attached hydrogen (secondary N) is 1. The highest BCUT2D eigenvalue weighted by Crippen LogP contribution is 2.60. The van der Waals surface area contributed by atoms with Crippen molar-refractivity contribution >= 4 is 17.3 Å². The van der Waals surface area contributed by atoms with Crippen molar-refractivity contribution in [1.29, 1.82) is 0 Å². The minimum Gasteiger partial charge on any atom is -0.386 e. The number of alkyl halides is 7. The number of hydrogen-bond acceptors (Lipinski definition) is 3. The maximum atomic E-state index is 13.7. The summed E-state index contributed by atoms with van der Waals surface area (Å²) in [5.41, 5.74) is -4.45. The molecular weight excluding hydrogens is 433 g/mol. The van der Waals surface area contributed by atoms with Crippen molar-refractivity contribution in [2.75, 3.05) is 18.6 Å². The average Bonchev–Trinajstić information content (AvgIpc) is 3.14. The maximum Gasteiger partial charge on any atom is 0.416 e. The van der Waals surface area contributed by atoms with E-state index in [1.165, 1.54) is 0 Å². The Bertz CT molecular complexity index is 864. The molecule has 172 valence electrons. The molecule has 2 fully saturated rings. The lowest BCUT2D eigenvalue weighted by Crippen LogP contribution is -2.40. The van der Waals surface area contributed by atoms with Crippen LogP contribution in [0.5, 0.6) is 0 Å². The fraction of sp³-hybridized carbons (Fsp3) is 0.600. The van der Waals surface area contributed by atoms with Gasteiger partial charge in [0, 0.05) is 16.5 Å². The molecule has 0 radical (unpaired) electrons. The lowest BCUT2D eigenvalue weighted by molar-refractivity contribution is -0.143. The van der Waals surface area contributed by atoms with Gasteiger partial charge in [-0.25, -0.2) is 0 Å². The van der Waals surface area contributed by atoms with Crippen LogP contribution in [0.4, 0.5) is 36.4 Å². The summed E-state index contributed by atoms with van der Waals surface area (Å²) in [6.07, 6.45) is -7.67. The Morgan fingerprint density at radius 3 is 2.23 bits per heavy atom. The Morgan fingerprint density at radius 1 is 1.13 bits per heavy atom. The van der Waals surface area contributed by atoms with Crippen LogP contribution in [0.25, 0.3) is 0 Å². The summed E-state index contributed by atoms with van der Waals surface area (Å²) in [5, 5.41) is 5.92. The highest BCUT2D eigenvalue weighted by atomic mass is 19.4. The number of fused-ring (bicyclic) bond motifs is 2. The molecule has 3 rings (SSSR count). The smallest absolute Gasteiger partial charge is 0.386 e. The summed E-state index contributed by atoms with van der Waals surface area (Å²) in [6, 6.07) is 0.762. The van der Waals surface area contributed by atoms with E-state index in [2.05, 4.69) is 5.16 Å². The first-order chi connectivity index (χ1) is 14.2. The average molecular weight is 454 g/mol. The number of halogens is 7. The molecule has 11 heteroatoms. The SMILES string of the molecule is CC1(CF)/C(=N/OCC(=O)Nc2cc(C(F)(F)F)cc(C(F)(F)F)c2)[C@]2(C)CC[C@H]1C2. The Hall–Kier alpha value is -2.33. The molecule has 2 saturated carbocycles. The molecule has 1 unspecified atom stereocenters. The largest absolute Gasteiger partial charge is 0.416 e. The molecule has 0 heterocycles. The Balaban J connectivity index is 1.72.